The summed E-state index contributed by atoms with van der Waals surface area (Å²) in [5, 5.41) is 3.42. The van der Waals surface area contributed by atoms with Gasteiger partial charge in [-0.2, -0.15) is 0 Å². The van der Waals surface area contributed by atoms with Gasteiger partial charge in [-0.1, -0.05) is 30.3 Å². The maximum absolute atomic E-state index is 4.42. The van der Waals surface area contributed by atoms with Crippen molar-refractivity contribution in [1.29, 1.82) is 0 Å². The minimum Gasteiger partial charge on any atom is -0.351 e. The molecule has 1 aliphatic rings. The van der Waals surface area contributed by atoms with Crippen molar-refractivity contribution < 1.29 is 0 Å². The van der Waals surface area contributed by atoms with Crippen LogP contribution in [0.2, 0.25) is 0 Å². The van der Waals surface area contributed by atoms with Crippen LogP contribution < -0.4 is 5.32 Å². The third-order valence-corrected chi connectivity index (χ3v) is 3.31. The van der Waals surface area contributed by atoms with E-state index in [1.807, 2.05) is 19.9 Å². The quantitative estimate of drug-likeness (QED) is 0.894. The molecular weight excluding hydrogens is 222 g/mol. The number of rotatable bonds is 3. The normalized spacial score (nSPS) is 21.7. The summed E-state index contributed by atoms with van der Waals surface area (Å²) in [6, 6.07) is 13.1. The third kappa shape index (κ3) is 2.35. The van der Waals surface area contributed by atoms with Crippen LogP contribution in [0.3, 0.4) is 0 Å². The average Bonchev–Trinajstić information content (AvgIpc) is 3.08. The summed E-state index contributed by atoms with van der Waals surface area (Å²) < 4.78 is 0. The highest BCUT2D eigenvalue weighted by molar-refractivity contribution is 5.37. The van der Waals surface area contributed by atoms with E-state index in [0.717, 1.165) is 17.3 Å². The maximum atomic E-state index is 4.42. The van der Waals surface area contributed by atoms with E-state index in [0.29, 0.717) is 12.0 Å². The first kappa shape index (κ1) is 11.2. The van der Waals surface area contributed by atoms with Gasteiger partial charge in [-0.25, -0.2) is 9.97 Å². The van der Waals surface area contributed by atoms with Crippen molar-refractivity contribution in [2.24, 2.45) is 0 Å². The lowest BCUT2D eigenvalue weighted by molar-refractivity contribution is 0.974. The van der Waals surface area contributed by atoms with E-state index >= 15 is 0 Å². The first-order valence-electron chi connectivity index (χ1n) is 6.36. The fourth-order valence-corrected chi connectivity index (χ4v) is 2.38. The summed E-state index contributed by atoms with van der Waals surface area (Å²) in [4.78, 5) is 8.84. The van der Waals surface area contributed by atoms with Gasteiger partial charge in [0.05, 0.1) is 0 Å². The number of nitrogens with zero attached hydrogens (tertiary/aromatic N) is 2. The second kappa shape index (κ2) is 4.41. The predicted octanol–water partition coefficient (Wildman–Crippen LogP) is 3.06. The molecule has 92 valence electrons. The number of hydrogen-bond donors (Lipinski definition) is 1. The van der Waals surface area contributed by atoms with E-state index < -0.39 is 0 Å². The van der Waals surface area contributed by atoms with Gasteiger partial charge < -0.3 is 5.32 Å². The average molecular weight is 239 g/mol. The number of nitrogens with one attached hydrogen (secondary N) is 1. The summed E-state index contributed by atoms with van der Waals surface area (Å²) in [5.41, 5.74) is 3.43. The molecule has 1 aromatic heterocycles. The molecule has 2 aromatic rings. The second-order valence-corrected chi connectivity index (χ2v) is 4.98. The Balaban J connectivity index is 1.69. The summed E-state index contributed by atoms with van der Waals surface area (Å²) in [5.74, 6) is 1.37. The molecule has 3 rings (SSSR count). The van der Waals surface area contributed by atoms with Gasteiger partial charge in [0.2, 0.25) is 5.95 Å². The SMILES string of the molecule is Cc1cc(C)nc(NC2CC2c2ccccc2)n1. The maximum Gasteiger partial charge on any atom is 0.223 e. The summed E-state index contributed by atoms with van der Waals surface area (Å²) in [6.45, 7) is 4.00. The molecule has 1 aromatic carbocycles. The zero-order valence-electron chi connectivity index (χ0n) is 10.7. The summed E-state index contributed by atoms with van der Waals surface area (Å²) in [7, 11) is 0. The fourth-order valence-electron chi connectivity index (χ4n) is 2.38. The van der Waals surface area contributed by atoms with Crippen molar-refractivity contribution in [3.05, 3.63) is 53.3 Å². The van der Waals surface area contributed by atoms with Gasteiger partial charge in [-0.05, 0) is 31.9 Å². The fraction of sp³-hybridized carbons (Fsp3) is 0.333. The van der Waals surface area contributed by atoms with Gasteiger partial charge in [0.25, 0.3) is 0 Å². The van der Waals surface area contributed by atoms with Crippen LogP contribution in [0.5, 0.6) is 0 Å². The van der Waals surface area contributed by atoms with Crippen LogP contribution in [0.25, 0.3) is 0 Å². The zero-order valence-corrected chi connectivity index (χ0v) is 10.7. The van der Waals surface area contributed by atoms with Crippen molar-refractivity contribution >= 4 is 5.95 Å². The van der Waals surface area contributed by atoms with E-state index in [2.05, 4.69) is 45.6 Å². The molecule has 1 heterocycles. The van der Waals surface area contributed by atoms with Crippen LogP contribution >= 0.6 is 0 Å². The Morgan fingerprint density at radius 1 is 1.06 bits per heavy atom. The van der Waals surface area contributed by atoms with Crippen molar-refractivity contribution in [3.8, 4) is 0 Å². The van der Waals surface area contributed by atoms with E-state index in [1.54, 1.807) is 0 Å². The highest BCUT2D eigenvalue weighted by atomic mass is 15.1. The smallest absolute Gasteiger partial charge is 0.223 e. The van der Waals surface area contributed by atoms with Crippen LogP contribution in [0.1, 0.15) is 29.3 Å². The number of aromatic nitrogens is 2. The molecule has 0 saturated heterocycles. The molecule has 1 saturated carbocycles. The van der Waals surface area contributed by atoms with E-state index in [9.17, 15) is 0 Å². The lowest BCUT2D eigenvalue weighted by Gasteiger charge is -2.06. The van der Waals surface area contributed by atoms with Crippen molar-refractivity contribution in [1.82, 2.24) is 9.97 Å². The Morgan fingerprint density at radius 2 is 1.72 bits per heavy atom. The van der Waals surface area contributed by atoms with Crippen LogP contribution in [0, 0.1) is 13.8 Å². The number of aryl methyl sites for hydroxylation is 2. The van der Waals surface area contributed by atoms with Crippen molar-refractivity contribution in [3.63, 3.8) is 0 Å². The molecule has 0 spiro atoms. The molecule has 1 fully saturated rings. The molecule has 3 heteroatoms. The van der Waals surface area contributed by atoms with Gasteiger partial charge in [-0.15, -0.1) is 0 Å². The number of benzene rings is 1. The van der Waals surface area contributed by atoms with Crippen LogP contribution in [-0.4, -0.2) is 16.0 Å². The Bertz CT molecular complexity index is 531. The minimum absolute atomic E-state index is 0.480. The first-order chi connectivity index (χ1) is 8.72. The molecule has 0 radical (unpaired) electrons. The Hall–Kier alpha value is -1.90. The molecule has 1 aliphatic carbocycles. The molecule has 0 bridgehead atoms. The first-order valence-corrected chi connectivity index (χ1v) is 6.36. The summed E-state index contributed by atoms with van der Waals surface area (Å²) in [6.07, 6.45) is 1.17. The molecule has 18 heavy (non-hydrogen) atoms. The lowest BCUT2D eigenvalue weighted by atomic mass is 10.1. The summed E-state index contributed by atoms with van der Waals surface area (Å²) >= 11 is 0. The molecule has 2 unspecified atom stereocenters. The van der Waals surface area contributed by atoms with E-state index in [-0.39, 0.29) is 0 Å². The lowest BCUT2D eigenvalue weighted by Crippen LogP contribution is -2.08. The Morgan fingerprint density at radius 3 is 2.39 bits per heavy atom. The van der Waals surface area contributed by atoms with E-state index in [1.165, 1.54) is 12.0 Å². The third-order valence-electron chi connectivity index (χ3n) is 3.31. The molecule has 3 nitrogen and oxygen atoms in total. The number of hydrogen-bond acceptors (Lipinski definition) is 3. The van der Waals surface area contributed by atoms with Gasteiger partial charge in [0, 0.05) is 23.3 Å². The van der Waals surface area contributed by atoms with Gasteiger partial charge >= 0.3 is 0 Å². The molecule has 1 N–H and O–H groups in total. The van der Waals surface area contributed by atoms with Crippen molar-refractivity contribution in [2.45, 2.75) is 32.2 Å². The minimum atomic E-state index is 0.480. The Labute approximate surface area is 107 Å². The van der Waals surface area contributed by atoms with Gasteiger partial charge in [0.15, 0.2) is 0 Å². The topological polar surface area (TPSA) is 37.8 Å². The predicted molar refractivity (Wildman–Crippen MR) is 72.7 cm³/mol. The van der Waals surface area contributed by atoms with E-state index in [4.69, 9.17) is 0 Å². The molecule has 2 atom stereocenters. The largest absolute Gasteiger partial charge is 0.351 e. The van der Waals surface area contributed by atoms with Gasteiger partial charge in [-0.3, -0.25) is 0 Å². The number of anilines is 1. The molecule has 0 amide bonds. The molecule has 0 aliphatic heterocycles. The second-order valence-electron chi connectivity index (χ2n) is 4.98. The highest BCUT2D eigenvalue weighted by Gasteiger charge is 2.38. The highest BCUT2D eigenvalue weighted by Crippen LogP contribution is 2.42. The zero-order chi connectivity index (χ0) is 12.5. The monoisotopic (exact) mass is 239 g/mol. The molecular formula is C15H17N3. The van der Waals surface area contributed by atoms with Crippen molar-refractivity contribution in [2.75, 3.05) is 5.32 Å². The Kier molecular flexibility index (Phi) is 2.74. The van der Waals surface area contributed by atoms with Crippen LogP contribution in [0.4, 0.5) is 5.95 Å². The van der Waals surface area contributed by atoms with Crippen LogP contribution in [0.15, 0.2) is 36.4 Å². The standard InChI is InChI=1S/C15H17N3/c1-10-8-11(2)17-15(16-10)18-14-9-13(14)12-6-4-3-5-7-12/h3-8,13-14H,9H2,1-2H3,(H,16,17,18). The van der Waals surface area contributed by atoms with Crippen LogP contribution in [-0.2, 0) is 0 Å². The van der Waals surface area contributed by atoms with Gasteiger partial charge in [0.1, 0.15) is 0 Å².